The van der Waals surface area contributed by atoms with Gasteiger partial charge in [-0.15, -0.1) is 0 Å². The van der Waals surface area contributed by atoms with Crippen LogP contribution in [0, 0.1) is 5.95 Å². The first-order valence-electron chi connectivity index (χ1n) is 10.9. The zero-order chi connectivity index (χ0) is 25.4. The summed E-state index contributed by atoms with van der Waals surface area (Å²) in [7, 11) is 0. The van der Waals surface area contributed by atoms with E-state index in [0.717, 1.165) is 0 Å². The minimum atomic E-state index is -1.09. The summed E-state index contributed by atoms with van der Waals surface area (Å²) in [6, 6.07) is 9.21. The number of aromatic carboxylic acids is 1. The number of carboxylic acids is 1. The zero-order valence-electron chi connectivity index (χ0n) is 18.6. The fourth-order valence-corrected chi connectivity index (χ4v) is 4.17. The van der Waals surface area contributed by atoms with Gasteiger partial charge in [0.2, 0.25) is 5.95 Å². The Labute approximate surface area is 202 Å². The van der Waals surface area contributed by atoms with Crippen LogP contribution in [0.3, 0.4) is 0 Å². The van der Waals surface area contributed by atoms with Gasteiger partial charge in [0.15, 0.2) is 5.65 Å². The monoisotopic (exact) mass is 490 g/mol. The number of carbonyl (C=O) groups excluding carboxylic acids is 2. The van der Waals surface area contributed by atoms with Gasteiger partial charge in [-0.3, -0.25) is 9.59 Å². The van der Waals surface area contributed by atoms with E-state index in [1.165, 1.54) is 47.2 Å². The van der Waals surface area contributed by atoms with Crippen LogP contribution in [0.15, 0.2) is 54.9 Å². The highest BCUT2D eigenvalue weighted by molar-refractivity contribution is 5.98. The van der Waals surface area contributed by atoms with Gasteiger partial charge in [0.25, 0.3) is 11.8 Å². The zero-order valence-corrected chi connectivity index (χ0v) is 18.6. The van der Waals surface area contributed by atoms with E-state index in [9.17, 15) is 29.0 Å². The molecule has 4 aromatic rings. The van der Waals surface area contributed by atoms with Crippen molar-refractivity contribution in [1.82, 2.24) is 30.2 Å². The van der Waals surface area contributed by atoms with Crippen LogP contribution in [0.4, 0.5) is 4.39 Å². The van der Waals surface area contributed by atoms with Crippen molar-refractivity contribution in [2.24, 2.45) is 0 Å². The second-order valence-corrected chi connectivity index (χ2v) is 8.24. The third-order valence-corrected chi connectivity index (χ3v) is 5.89. The summed E-state index contributed by atoms with van der Waals surface area (Å²) >= 11 is 0. The maximum absolute atomic E-state index is 13.3. The van der Waals surface area contributed by atoms with E-state index in [2.05, 4.69) is 25.7 Å². The molecule has 1 aliphatic carbocycles. The van der Waals surface area contributed by atoms with Crippen LogP contribution in [0.1, 0.15) is 54.1 Å². The second kappa shape index (κ2) is 9.15. The third-order valence-electron chi connectivity index (χ3n) is 5.89. The van der Waals surface area contributed by atoms with E-state index in [1.807, 2.05) is 0 Å². The molecule has 5 rings (SSSR count). The van der Waals surface area contributed by atoms with Crippen LogP contribution in [0.5, 0.6) is 0 Å². The number of hydrogen-bond acceptors (Lipinski definition) is 7. The van der Waals surface area contributed by atoms with Crippen LogP contribution in [-0.4, -0.2) is 53.7 Å². The minimum absolute atomic E-state index is 0.00733. The van der Waals surface area contributed by atoms with Crippen LogP contribution in [0.2, 0.25) is 0 Å². The van der Waals surface area contributed by atoms with Gasteiger partial charge in [-0.1, -0.05) is 6.07 Å². The quantitative estimate of drug-likeness (QED) is 0.294. The molecule has 0 bridgehead atoms. The number of pyridine rings is 1. The number of amides is 2. The van der Waals surface area contributed by atoms with Gasteiger partial charge < -0.3 is 20.8 Å². The summed E-state index contributed by atoms with van der Waals surface area (Å²) in [5.41, 5.74) is 2.02. The summed E-state index contributed by atoms with van der Waals surface area (Å²) in [5, 5.41) is 29.2. The maximum atomic E-state index is 13.3. The molecule has 0 unspecified atom stereocenters. The Morgan fingerprint density at radius 2 is 1.92 bits per heavy atom. The molecule has 12 heteroatoms. The van der Waals surface area contributed by atoms with E-state index >= 15 is 0 Å². The third kappa shape index (κ3) is 4.36. The Bertz CT molecular complexity index is 1520. The summed E-state index contributed by atoms with van der Waals surface area (Å²) in [5.74, 6) is -2.96. The lowest BCUT2D eigenvalue weighted by molar-refractivity contribution is 0.0696. The number of nitrogens with one attached hydrogen (secondary N) is 2. The molecule has 0 fully saturated rings. The second-order valence-electron chi connectivity index (χ2n) is 8.24. The van der Waals surface area contributed by atoms with E-state index in [0.29, 0.717) is 16.7 Å². The molecule has 0 saturated heterocycles. The van der Waals surface area contributed by atoms with Crippen molar-refractivity contribution in [1.29, 1.82) is 0 Å². The lowest BCUT2D eigenvalue weighted by atomic mass is 10.0. The number of rotatable bonds is 6. The average molecular weight is 490 g/mol. The molecular formula is C24H19FN6O5. The highest BCUT2D eigenvalue weighted by Crippen LogP contribution is 2.32. The minimum Gasteiger partial charge on any atom is -0.478 e. The standard InChI is InChI=1S/C24H19FN6O5/c25-19-7-12(3-5-26-19)11-27-22(33)16-10-17(31-20(29-16)4-6-28-31)23(34)30-21-15-2-1-13(24(35)36)8-14(15)9-18(21)32/h1-8,10,18,21,32H,9,11H2,(H,27,33)(H,30,34)(H,35,36)/t18-,21-/m1/s1. The number of aliphatic hydroxyl groups is 1. The lowest BCUT2D eigenvalue weighted by Gasteiger charge is -2.18. The molecule has 0 aliphatic heterocycles. The molecule has 0 saturated carbocycles. The number of carbonyl (C=O) groups is 3. The van der Waals surface area contributed by atoms with Gasteiger partial charge in [0.05, 0.1) is 23.9 Å². The van der Waals surface area contributed by atoms with Crippen molar-refractivity contribution in [2.75, 3.05) is 0 Å². The Morgan fingerprint density at radius 1 is 1.08 bits per heavy atom. The normalized spacial score (nSPS) is 16.5. The summed E-state index contributed by atoms with van der Waals surface area (Å²) in [6.07, 6.45) is 1.92. The summed E-state index contributed by atoms with van der Waals surface area (Å²) < 4.78 is 14.6. The molecule has 0 spiro atoms. The Morgan fingerprint density at radius 3 is 2.69 bits per heavy atom. The molecule has 1 aliphatic rings. The molecule has 4 N–H and O–H groups in total. The van der Waals surface area contributed by atoms with Crippen LogP contribution < -0.4 is 10.6 Å². The van der Waals surface area contributed by atoms with Crippen molar-refractivity contribution < 1.29 is 29.0 Å². The van der Waals surface area contributed by atoms with Gasteiger partial charge in [-0.05, 0) is 41.0 Å². The predicted octanol–water partition coefficient (Wildman–Crippen LogP) is 1.28. The van der Waals surface area contributed by atoms with E-state index in [-0.39, 0.29) is 35.6 Å². The predicted molar refractivity (Wildman–Crippen MR) is 122 cm³/mol. The molecule has 2 amide bonds. The van der Waals surface area contributed by atoms with Crippen LogP contribution in [-0.2, 0) is 13.0 Å². The van der Waals surface area contributed by atoms with Gasteiger partial charge >= 0.3 is 5.97 Å². The molecular weight excluding hydrogens is 471 g/mol. The van der Waals surface area contributed by atoms with Crippen molar-refractivity contribution in [3.63, 3.8) is 0 Å². The molecule has 36 heavy (non-hydrogen) atoms. The van der Waals surface area contributed by atoms with Gasteiger partial charge in [0.1, 0.15) is 11.4 Å². The van der Waals surface area contributed by atoms with Crippen molar-refractivity contribution >= 4 is 23.4 Å². The van der Waals surface area contributed by atoms with E-state index < -0.39 is 35.9 Å². The Kier molecular flexibility index (Phi) is 5.86. The fraction of sp³-hybridized carbons (Fsp3) is 0.167. The largest absolute Gasteiger partial charge is 0.478 e. The molecule has 1 aromatic carbocycles. The molecule has 3 aromatic heterocycles. The molecule has 182 valence electrons. The SMILES string of the molecule is O=C(O)c1ccc2c(c1)C[C@@H](O)[C@@H]2NC(=O)c1cc(C(=O)NCc2ccnc(F)c2)nc2ccnn12. The number of fused-ring (bicyclic) bond motifs is 2. The molecule has 11 nitrogen and oxygen atoms in total. The van der Waals surface area contributed by atoms with Gasteiger partial charge in [-0.25, -0.2) is 19.3 Å². The Hall–Kier alpha value is -4.71. The van der Waals surface area contributed by atoms with Gasteiger partial charge in [-0.2, -0.15) is 9.49 Å². The van der Waals surface area contributed by atoms with Crippen molar-refractivity contribution in [2.45, 2.75) is 25.1 Å². The van der Waals surface area contributed by atoms with E-state index in [4.69, 9.17) is 0 Å². The highest BCUT2D eigenvalue weighted by Gasteiger charge is 2.33. The fourth-order valence-electron chi connectivity index (χ4n) is 4.17. The number of aromatic nitrogens is 4. The average Bonchev–Trinajstić information content (AvgIpc) is 3.45. The van der Waals surface area contributed by atoms with E-state index in [1.54, 1.807) is 12.1 Å². The molecule has 3 heterocycles. The first-order valence-corrected chi connectivity index (χ1v) is 10.9. The molecule has 0 radical (unpaired) electrons. The number of benzene rings is 1. The maximum Gasteiger partial charge on any atom is 0.335 e. The lowest BCUT2D eigenvalue weighted by Crippen LogP contribution is -2.35. The van der Waals surface area contributed by atoms with Crippen molar-refractivity contribution in [3.8, 4) is 0 Å². The first kappa shape index (κ1) is 23.1. The smallest absolute Gasteiger partial charge is 0.335 e. The molecule has 2 atom stereocenters. The Balaban J connectivity index is 1.39. The number of carboxylic acid groups (broad SMARTS) is 1. The highest BCUT2D eigenvalue weighted by atomic mass is 19.1. The van der Waals surface area contributed by atoms with Crippen LogP contribution in [0.25, 0.3) is 5.65 Å². The van der Waals surface area contributed by atoms with Gasteiger partial charge in [0, 0.05) is 31.3 Å². The number of nitrogens with zero attached hydrogens (tertiary/aromatic N) is 4. The number of halogens is 1. The number of hydrogen-bond donors (Lipinski definition) is 4. The first-order chi connectivity index (χ1) is 17.3. The number of aliphatic hydroxyl groups excluding tert-OH is 1. The van der Waals surface area contributed by atoms with Crippen molar-refractivity contribution in [3.05, 3.63) is 94.4 Å². The van der Waals surface area contributed by atoms with Crippen LogP contribution >= 0.6 is 0 Å². The summed E-state index contributed by atoms with van der Waals surface area (Å²) in [4.78, 5) is 45.0. The summed E-state index contributed by atoms with van der Waals surface area (Å²) in [6.45, 7) is 0.0231. The topological polar surface area (TPSA) is 159 Å².